The molecule has 0 aliphatic rings. The first kappa shape index (κ1) is 16.5. The van der Waals surface area contributed by atoms with Crippen molar-refractivity contribution in [1.29, 1.82) is 0 Å². The molecular weight excluding hydrogens is 370 g/mol. The van der Waals surface area contributed by atoms with Gasteiger partial charge in [-0.2, -0.15) is 4.98 Å². The first-order chi connectivity index (χ1) is 11.7. The number of nitrogens with one attached hydrogen (secondary N) is 2. The second kappa shape index (κ2) is 7.97. The van der Waals surface area contributed by atoms with Crippen molar-refractivity contribution in [2.75, 3.05) is 16.0 Å². The van der Waals surface area contributed by atoms with Gasteiger partial charge in [-0.15, -0.1) is 0 Å². The molecule has 6 heteroatoms. The van der Waals surface area contributed by atoms with E-state index in [9.17, 15) is 4.79 Å². The minimum absolute atomic E-state index is 0.0152. The second-order valence-corrected chi connectivity index (χ2v) is 6.18. The van der Waals surface area contributed by atoms with E-state index in [1.165, 1.54) is 0 Å². The van der Waals surface area contributed by atoms with Crippen LogP contribution in [0.4, 0.5) is 17.4 Å². The van der Waals surface area contributed by atoms with Gasteiger partial charge in [-0.05, 0) is 43.2 Å². The first-order valence-electron chi connectivity index (χ1n) is 7.83. The Morgan fingerprint density at radius 1 is 1.08 bits per heavy atom. The molecule has 0 fully saturated rings. The molecule has 0 spiro atoms. The standard InChI is InChI=1S/C18H18BrN3O2/c19-11-5-4-8-17(23)20-14-9-10-16-15(12-14)22-18(24-16)21-13-6-2-1-3-7-13/h1-3,6-7,9-10,12H,4-5,8,11H2,(H,20,23)(H,21,22). The summed E-state index contributed by atoms with van der Waals surface area (Å²) in [5, 5.41) is 6.93. The van der Waals surface area contributed by atoms with Crippen molar-refractivity contribution in [2.45, 2.75) is 19.3 Å². The highest BCUT2D eigenvalue weighted by atomic mass is 79.9. The topological polar surface area (TPSA) is 67.2 Å². The number of para-hydroxylation sites is 1. The third-order valence-electron chi connectivity index (χ3n) is 3.48. The highest BCUT2D eigenvalue weighted by molar-refractivity contribution is 9.09. The molecule has 0 atom stereocenters. The summed E-state index contributed by atoms with van der Waals surface area (Å²) in [5.74, 6) is 0.0152. The Labute approximate surface area is 148 Å². The van der Waals surface area contributed by atoms with Gasteiger partial charge in [0.25, 0.3) is 6.01 Å². The largest absolute Gasteiger partial charge is 0.423 e. The van der Waals surface area contributed by atoms with Gasteiger partial charge in [0.05, 0.1) is 0 Å². The maximum Gasteiger partial charge on any atom is 0.300 e. The molecular formula is C18H18BrN3O2. The number of rotatable bonds is 7. The zero-order valence-electron chi connectivity index (χ0n) is 13.1. The fourth-order valence-corrected chi connectivity index (χ4v) is 2.70. The number of hydrogen-bond donors (Lipinski definition) is 2. The molecule has 0 aliphatic heterocycles. The van der Waals surface area contributed by atoms with Crippen LogP contribution in [0.2, 0.25) is 0 Å². The lowest BCUT2D eigenvalue weighted by atomic mass is 10.2. The van der Waals surface area contributed by atoms with Crippen LogP contribution < -0.4 is 10.6 Å². The van der Waals surface area contributed by atoms with Gasteiger partial charge in [-0.1, -0.05) is 34.1 Å². The van der Waals surface area contributed by atoms with Gasteiger partial charge in [0.15, 0.2) is 5.58 Å². The second-order valence-electron chi connectivity index (χ2n) is 5.39. The SMILES string of the molecule is O=C(CCCCBr)Nc1ccc2oc(Nc3ccccc3)nc2c1. The molecule has 5 nitrogen and oxygen atoms in total. The number of unbranched alkanes of at least 4 members (excludes halogenated alkanes) is 1. The summed E-state index contributed by atoms with van der Waals surface area (Å²) < 4.78 is 5.67. The summed E-state index contributed by atoms with van der Waals surface area (Å²) in [6.07, 6.45) is 2.38. The molecule has 1 amide bonds. The van der Waals surface area contributed by atoms with Gasteiger partial charge in [0.2, 0.25) is 5.91 Å². The lowest BCUT2D eigenvalue weighted by Crippen LogP contribution is -2.10. The van der Waals surface area contributed by atoms with Crippen LogP contribution in [-0.4, -0.2) is 16.2 Å². The number of oxazole rings is 1. The third kappa shape index (κ3) is 4.35. The van der Waals surface area contributed by atoms with Gasteiger partial charge < -0.3 is 15.1 Å². The molecule has 24 heavy (non-hydrogen) atoms. The molecule has 0 saturated carbocycles. The van der Waals surface area contributed by atoms with E-state index in [1.807, 2.05) is 48.5 Å². The van der Waals surface area contributed by atoms with Crippen molar-refractivity contribution in [2.24, 2.45) is 0 Å². The summed E-state index contributed by atoms with van der Waals surface area (Å²) in [6.45, 7) is 0. The number of halogens is 1. The van der Waals surface area contributed by atoms with Crippen molar-refractivity contribution >= 4 is 50.3 Å². The number of aromatic nitrogens is 1. The Hall–Kier alpha value is -2.34. The molecule has 1 heterocycles. The number of nitrogens with zero attached hydrogens (tertiary/aromatic N) is 1. The molecule has 0 saturated heterocycles. The van der Waals surface area contributed by atoms with Crippen molar-refractivity contribution in [3.63, 3.8) is 0 Å². The Bertz CT molecular complexity index is 818. The lowest BCUT2D eigenvalue weighted by molar-refractivity contribution is -0.116. The summed E-state index contributed by atoms with van der Waals surface area (Å²) in [6, 6.07) is 15.6. The summed E-state index contributed by atoms with van der Waals surface area (Å²) in [5.41, 5.74) is 3.01. The van der Waals surface area contributed by atoms with Gasteiger partial charge in [0, 0.05) is 23.1 Å². The summed E-state index contributed by atoms with van der Waals surface area (Å²) in [4.78, 5) is 16.3. The van der Waals surface area contributed by atoms with E-state index in [2.05, 4.69) is 31.5 Å². The number of alkyl halides is 1. The highest BCUT2D eigenvalue weighted by Crippen LogP contribution is 2.24. The van der Waals surface area contributed by atoms with E-state index >= 15 is 0 Å². The number of amides is 1. The van der Waals surface area contributed by atoms with Crippen LogP contribution in [0.3, 0.4) is 0 Å². The monoisotopic (exact) mass is 387 g/mol. The Kier molecular flexibility index (Phi) is 5.48. The van der Waals surface area contributed by atoms with Gasteiger partial charge in [-0.25, -0.2) is 0 Å². The van der Waals surface area contributed by atoms with E-state index in [4.69, 9.17) is 4.42 Å². The summed E-state index contributed by atoms with van der Waals surface area (Å²) >= 11 is 3.36. The molecule has 2 N–H and O–H groups in total. The number of carbonyl (C=O) groups excluding carboxylic acids is 1. The Balaban J connectivity index is 1.68. The van der Waals surface area contributed by atoms with E-state index < -0.39 is 0 Å². The maximum atomic E-state index is 11.9. The zero-order valence-corrected chi connectivity index (χ0v) is 14.7. The third-order valence-corrected chi connectivity index (χ3v) is 4.04. The highest BCUT2D eigenvalue weighted by Gasteiger charge is 2.08. The van der Waals surface area contributed by atoms with Crippen LogP contribution in [0.15, 0.2) is 52.9 Å². The van der Waals surface area contributed by atoms with Crippen LogP contribution in [0.1, 0.15) is 19.3 Å². The Morgan fingerprint density at radius 3 is 2.71 bits per heavy atom. The van der Waals surface area contributed by atoms with E-state index in [-0.39, 0.29) is 5.91 Å². The normalized spacial score (nSPS) is 10.7. The fourth-order valence-electron chi connectivity index (χ4n) is 2.31. The van der Waals surface area contributed by atoms with E-state index in [0.717, 1.165) is 29.5 Å². The van der Waals surface area contributed by atoms with E-state index in [0.29, 0.717) is 23.5 Å². The number of benzene rings is 2. The van der Waals surface area contributed by atoms with Crippen LogP contribution in [-0.2, 0) is 4.79 Å². The zero-order chi connectivity index (χ0) is 16.8. The van der Waals surface area contributed by atoms with Crippen LogP contribution in [0, 0.1) is 0 Å². The van der Waals surface area contributed by atoms with Crippen molar-refractivity contribution in [3.05, 3.63) is 48.5 Å². The van der Waals surface area contributed by atoms with E-state index in [1.54, 1.807) is 0 Å². The van der Waals surface area contributed by atoms with Gasteiger partial charge in [0.1, 0.15) is 5.52 Å². The number of anilines is 3. The van der Waals surface area contributed by atoms with Crippen molar-refractivity contribution in [1.82, 2.24) is 4.98 Å². The molecule has 3 rings (SSSR count). The number of carbonyl (C=O) groups is 1. The average Bonchev–Trinajstić information content (AvgIpc) is 2.97. The maximum absolute atomic E-state index is 11.9. The quantitative estimate of drug-likeness (QED) is 0.438. The first-order valence-corrected chi connectivity index (χ1v) is 8.95. The molecule has 0 aliphatic carbocycles. The lowest BCUT2D eigenvalue weighted by Gasteiger charge is -2.04. The van der Waals surface area contributed by atoms with Crippen molar-refractivity contribution in [3.8, 4) is 0 Å². The summed E-state index contributed by atoms with van der Waals surface area (Å²) in [7, 11) is 0. The molecule has 124 valence electrons. The number of hydrogen-bond acceptors (Lipinski definition) is 4. The van der Waals surface area contributed by atoms with Crippen LogP contribution >= 0.6 is 15.9 Å². The molecule has 0 radical (unpaired) electrons. The Morgan fingerprint density at radius 2 is 1.92 bits per heavy atom. The molecule has 1 aromatic heterocycles. The van der Waals surface area contributed by atoms with Crippen LogP contribution in [0.5, 0.6) is 0 Å². The number of fused-ring (bicyclic) bond motifs is 1. The van der Waals surface area contributed by atoms with Gasteiger partial charge >= 0.3 is 0 Å². The average molecular weight is 388 g/mol. The molecule has 3 aromatic rings. The molecule has 2 aromatic carbocycles. The van der Waals surface area contributed by atoms with Crippen LogP contribution in [0.25, 0.3) is 11.1 Å². The minimum Gasteiger partial charge on any atom is -0.423 e. The van der Waals surface area contributed by atoms with Gasteiger partial charge in [-0.3, -0.25) is 4.79 Å². The minimum atomic E-state index is 0.0152. The smallest absolute Gasteiger partial charge is 0.300 e. The molecule has 0 unspecified atom stereocenters. The predicted molar refractivity (Wildman–Crippen MR) is 100 cm³/mol. The fraction of sp³-hybridized carbons (Fsp3) is 0.222. The predicted octanol–water partition coefficient (Wildman–Crippen LogP) is 5.08. The van der Waals surface area contributed by atoms with Crippen molar-refractivity contribution < 1.29 is 9.21 Å². The molecule has 0 bridgehead atoms.